The van der Waals surface area contributed by atoms with E-state index in [2.05, 4.69) is 34.9 Å². The van der Waals surface area contributed by atoms with Crippen molar-refractivity contribution in [3.63, 3.8) is 0 Å². The Morgan fingerprint density at radius 3 is 2.65 bits per heavy atom. The van der Waals surface area contributed by atoms with E-state index in [9.17, 15) is 13.2 Å². The van der Waals surface area contributed by atoms with E-state index in [1.807, 2.05) is 12.1 Å². The molecular weight excluding hydrogens is 456 g/mol. The Morgan fingerprint density at radius 1 is 1.09 bits per heavy atom. The van der Waals surface area contributed by atoms with Gasteiger partial charge in [0.2, 0.25) is 10.0 Å². The summed E-state index contributed by atoms with van der Waals surface area (Å²) in [5.41, 5.74) is 4.63. The number of carbonyl (C=O) groups excluding carboxylic acids is 1. The lowest BCUT2D eigenvalue weighted by Gasteiger charge is -2.09. The van der Waals surface area contributed by atoms with Crippen LogP contribution in [0.25, 0.3) is 44.7 Å². The van der Waals surface area contributed by atoms with Gasteiger partial charge >= 0.3 is 0 Å². The highest BCUT2D eigenvalue weighted by Crippen LogP contribution is 2.30. The Balaban J connectivity index is 1.60. The van der Waals surface area contributed by atoms with E-state index in [1.165, 1.54) is 11.1 Å². The molecule has 172 valence electrons. The Bertz CT molecular complexity index is 1670. The van der Waals surface area contributed by atoms with Crippen molar-refractivity contribution in [1.29, 1.82) is 0 Å². The lowest BCUT2D eigenvalue weighted by molar-refractivity contribution is 0.0829. The fourth-order valence-electron chi connectivity index (χ4n) is 3.67. The quantitative estimate of drug-likeness (QED) is 0.353. The number of H-pyrrole nitrogens is 2. The number of pyridine rings is 2. The highest BCUT2D eigenvalue weighted by molar-refractivity contribution is 7.92. The van der Waals surface area contributed by atoms with E-state index >= 15 is 0 Å². The number of hydrogen-bond donors (Lipinski definition) is 3. The zero-order valence-electron chi connectivity index (χ0n) is 18.5. The van der Waals surface area contributed by atoms with E-state index in [1.54, 1.807) is 44.7 Å². The molecule has 0 radical (unpaired) electrons. The third-order valence-electron chi connectivity index (χ3n) is 5.17. The first kappa shape index (κ1) is 21.5. The summed E-state index contributed by atoms with van der Waals surface area (Å²) in [5, 5.41) is 7.95. The van der Waals surface area contributed by atoms with Crippen molar-refractivity contribution in [3.8, 4) is 22.6 Å². The van der Waals surface area contributed by atoms with Gasteiger partial charge in [-0.3, -0.25) is 19.6 Å². The Morgan fingerprint density at radius 2 is 1.88 bits per heavy atom. The van der Waals surface area contributed by atoms with Gasteiger partial charge < -0.3 is 9.88 Å². The number of rotatable bonds is 5. The molecule has 0 bridgehead atoms. The van der Waals surface area contributed by atoms with Gasteiger partial charge in [0, 0.05) is 37.6 Å². The monoisotopic (exact) mass is 476 g/mol. The van der Waals surface area contributed by atoms with Crippen LogP contribution in [0.3, 0.4) is 0 Å². The maximum Gasteiger partial charge on any atom is 0.255 e. The molecule has 0 aliphatic carbocycles. The summed E-state index contributed by atoms with van der Waals surface area (Å²) in [6.45, 7) is 0. The average Bonchev–Trinajstić information content (AvgIpc) is 3.40. The molecule has 4 aromatic heterocycles. The maximum atomic E-state index is 12.6. The molecule has 0 spiro atoms. The number of benzene rings is 1. The third-order valence-corrected chi connectivity index (χ3v) is 5.78. The molecule has 5 aromatic rings. The molecule has 0 aliphatic heterocycles. The fourth-order valence-corrected chi connectivity index (χ4v) is 4.21. The van der Waals surface area contributed by atoms with Gasteiger partial charge in [-0.1, -0.05) is 6.07 Å². The first-order chi connectivity index (χ1) is 16.2. The largest absolute Gasteiger partial charge is 0.345 e. The highest BCUT2D eigenvalue weighted by Gasteiger charge is 2.18. The molecule has 0 unspecified atom stereocenters. The van der Waals surface area contributed by atoms with Gasteiger partial charge in [-0.2, -0.15) is 5.10 Å². The third kappa shape index (κ3) is 3.94. The molecule has 1 amide bonds. The molecule has 34 heavy (non-hydrogen) atoms. The van der Waals surface area contributed by atoms with Crippen LogP contribution in [0, 0.1) is 0 Å². The Kier molecular flexibility index (Phi) is 5.01. The molecule has 0 saturated heterocycles. The molecule has 4 heterocycles. The second kappa shape index (κ2) is 7.92. The minimum absolute atomic E-state index is 0.142. The van der Waals surface area contributed by atoms with E-state index < -0.39 is 10.0 Å². The van der Waals surface area contributed by atoms with Crippen LogP contribution in [0.5, 0.6) is 0 Å². The zero-order chi connectivity index (χ0) is 24.0. The number of hydrogen-bond acceptors (Lipinski definition) is 7. The first-order valence-electron chi connectivity index (χ1n) is 10.2. The second-order valence-corrected chi connectivity index (χ2v) is 9.77. The maximum absolute atomic E-state index is 12.6. The number of aromatic amines is 2. The van der Waals surface area contributed by atoms with Gasteiger partial charge in [0.15, 0.2) is 11.5 Å². The highest BCUT2D eigenvalue weighted by atomic mass is 32.2. The van der Waals surface area contributed by atoms with E-state index in [0.717, 1.165) is 17.3 Å². The number of amides is 1. The van der Waals surface area contributed by atoms with Crippen molar-refractivity contribution in [3.05, 3.63) is 54.5 Å². The van der Waals surface area contributed by atoms with E-state index in [4.69, 9.17) is 0 Å². The van der Waals surface area contributed by atoms with Crippen LogP contribution in [-0.2, 0) is 10.0 Å². The molecular formula is C22H20N8O3S. The lowest BCUT2D eigenvalue weighted by atomic mass is 10.1. The van der Waals surface area contributed by atoms with Crippen molar-refractivity contribution in [1.82, 2.24) is 35.0 Å². The molecule has 3 N–H and O–H groups in total. The second-order valence-electron chi connectivity index (χ2n) is 8.02. The van der Waals surface area contributed by atoms with Crippen LogP contribution in [-0.4, -0.2) is 69.7 Å². The molecule has 0 saturated carbocycles. The number of aromatic nitrogens is 6. The zero-order valence-corrected chi connectivity index (χ0v) is 19.3. The molecule has 0 atom stereocenters. The molecule has 12 heteroatoms. The predicted octanol–water partition coefficient (Wildman–Crippen LogP) is 2.64. The molecule has 0 fully saturated rings. The summed E-state index contributed by atoms with van der Waals surface area (Å²) in [4.78, 5) is 30.6. The van der Waals surface area contributed by atoms with Crippen molar-refractivity contribution in [2.24, 2.45) is 0 Å². The van der Waals surface area contributed by atoms with Crippen LogP contribution in [0.1, 0.15) is 10.4 Å². The van der Waals surface area contributed by atoms with Gasteiger partial charge in [0.05, 0.1) is 34.6 Å². The predicted molar refractivity (Wildman–Crippen MR) is 129 cm³/mol. The van der Waals surface area contributed by atoms with Crippen LogP contribution >= 0.6 is 0 Å². The van der Waals surface area contributed by atoms with Gasteiger partial charge in [-0.25, -0.2) is 18.4 Å². The van der Waals surface area contributed by atoms with Gasteiger partial charge in [0.25, 0.3) is 5.91 Å². The van der Waals surface area contributed by atoms with Crippen LogP contribution in [0.2, 0.25) is 0 Å². The standard InChI is InChI=1S/C22H20N8O3S/c1-30(2)22(31)15-5-4-6-17-18(15)26-21(25-17)19-16-8-13(10-24-20(16)28-27-19)12-7-14(11-23-9-12)29-34(3,32)33/h4-11,29H,1-3H3,(H,25,26)(H,24,27,28). The number of sulfonamides is 1. The Hall–Kier alpha value is -4.32. The summed E-state index contributed by atoms with van der Waals surface area (Å²) in [6, 6.07) is 8.95. The fraction of sp³-hybridized carbons (Fsp3) is 0.136. The number of para-hydroxylation sites is 1. The number of imidazole rings is 1. The van der Waals surface area contributed by atoms with Gasteiger partial charge in [-0.15, -0.1) is 0 Å². The number of nitrogens with one attached hydrogen (secondary N) is 3. The normalized spacial score (nSPS) is 11.7. The Labute approximate surface area is 194 Å². The summed E-state index contributed by atoms with van der Waals surface area (Å²) in [7, 11) is -0.0445. The van der Waals surface area contributed by atoms with E-state index in [-0.39, 0.29) is 5.91 Å². The lowest BCUT2D eigenvalue weighted by Crippen LogP contribution is -2.21. The molecule has 5 rings (SSSR count). The number of nitrogens with zero attached hydrogens (tertiary/aromatic N) is 5. The summed E-state index contributed by atoms with van der Waals surface area (Å²) < 4.78 is 25.6. The first-order valence-corrected chi connectivity index (χ1v) is 12.1. The summed E-state index contributed by atoms with van der Waals surface area (Å²) >= 11 is 0. The molecule has 0 aliphatic rings. The molecule has 1 aromatic carbocycles. The smallest absolute Gasteiger partial charge is 0.255 e. The van der Waals surface area contributed by atoms with Crippen molar-refractivity contribution < 1.29 is 13.2 Å². The van der Waals surface area contributed by atoms with Crippen molar-refractivity contribution in [2.45, 2.75) is 0 Å². The van der Waals surface area contributed by atoms with Gasteiger partial charge in [0.1, 0.15) is 11.2 Å². The average molecular weight is 477 g/mol. The minimum atomic E-state index is -3.43. The summed E-state index contributed by atoms with van der Waals surface area (Å²) in [5.74, 6) is 0.373. The molecule has 11 nitrogen and oxygen atoms in total. The van der Waals surface area contributed by atoms with Crippen LogP contribution in [0.4, 0.5) is 5.69 Å². The van der Waals surface area contributed by atoms with E-state index in [0.29, 0.717) is 44.9 Å². The topological polar surface area (TPSA) is 150 Å². The number of fused-ring (bicyclic) bond motifs is 2. The summed E-state index contributed by atoms with van der Waals surface area (Å²) in [6.07, 6.45) is 5.77. The van der Waals surface area contributed by atoms with Crippen LogP contribution < -0.4 is 4.72 Å². The van der Waals surface area contributed by atoms with Crippen molar-refractivity contribution >= 4 is 43.7 Å². The van der Waals surface area contributed by atoms with Gasteiger partial charge in [-0.05, 0) is 24.3 Å². The van der Waals surface area contributed by atoms with Crippen LogP contribution in [0.15, 0.2) is 48.9 Å². The number of carbonyl (C=O) groups is 1. The minimum Gasteiger partial charge on any atom is -0.345 e. The SMILES string of the molecule is CN(C)C(=O)c1cccc2[nH]c(-c3[nH]nc4ncc(-c5cncc(NS(C)(=O)=O)c5)cc34)nc12. The van der Waals surface area contributed by atoms with Crippen molar-refractivity contribution in [2.75, 3.05) is 25.1 Å². The number of anilines is 1.